The van der Waals surface area contributed by atoms with Crippen molar-refractivity contribution in [3.8, 4) is 17.6 Å². The van der Waals surface area contributed by atoms with Gasteiger partial charge in [-0.2, -0.15) is 0 Å². The van der Waals surface area contributed by atoms with E-state index in [1.165, 1.54) is 6.07 Å². The van der Waals surface area contributed by atoms with Crippen LogP contribution < -0.4 is 4.74 Å². The van der Waals surface area contributed by atoms with Gasteiger partial charge in [-0.1, -0.05) is 63.2 Å². The van der Waals surface area contributed by atoms with E-state index in [9.17, 15) is 19.4 Å². The fraction of sp³-hybridized carbons (Fsp3) is 0.333. The summed E-state index contributed by atoms with van der Waals surface area (Å²) < 4.78 is 72.1. The Kier molecular flexibility index (Phi) is 6.05. The molecule has 1 nitrogen and oxygen atoms in total. The van der Waals surface area contributed by atoms with E-state index < -0.39 is 20.7 Å². The lowest BCUT2D eigenvalue weighted by atomic mass is 10.1. The van der Waals surface area contributed by atoms with Gasteiger partial charge in [-0.25, -0.2) is 0 Å². The van der Waals surface area contributed by atoms with Crippen molar-refractivity contribution in [2.45, 2.75) is 44.4 Å². The summed E-state index contributed by atoms with van der Waals surface area (Å²) in [5, 5.41) is 0. The van der Waals surface area contributed by atoms with E-state index >= 15 is 0 Å². The van der Waals surface area contributed by atoms with E-state index in [0.717, 1.165) is 37.3 Å². The molecule has 7 heteroatoms. The molecule has 0 heterocycles. The first-order valence-electron chi connectivity index (χ1n) is 9.05. The minimum absolute atomic E-state index is 0.0649. The largest absolute Gasteiger partial charge is 0.494 e. The molecule has 2 aromatic rings. The lowest BCUT2D eigenvalue weighted by Gasteiger charge is -2.41. The zero-order valence-electron chi connectivity index (χ0n) is 15.8. The molecule has 0 fully saturated rings. The molecule has 0 aliphatic carbocycles. The van der Waals surface area contributed by atoms with Gasteiger partial charge in [0.1, 0.15) is 10.6 Å². The van der Waals surface area contributed by atoms with Gasteiger partial charge < -0.3 is 4.74 Å². The highest BCUT2D eigenvalue weighted by Gasteiger charge is 2.66. The molecule has 28 heavy (non-hydrogen) atoms. The van der Waals surface area contributed by atoms with Gasteiger partial charge in [0.2, 0.25) is 0 Å². The van der Waals surface area contributed by atoms with Gasteiger partial charge in [-0.15, -0.1) is 0 Å². The van der Waals surface area contributed by atoms with Crippen LogP contribution in [-0.2, 0) is 6.42 Å². The fourth-order valence-corrected chi connectivity index (χ4v) is 3.53. The summed E-state index contributed by atoms with van der Waals surface area (Å²) in [6.45, 7) is 3.73. The number of hydrogen-bond donors (Lipinski definition) is 0. The van der Waals surface area contributed by atoms with Gasteiger partial charge in [0.25, 0.3) is 0 Å². The molecule has 0 saturated heterocycles. The first kappa shape index (κ1) is 22.1. The summed E-state index contributed by atoms with van der Waals surface area (Å²) in [6, 6.07) is 9.52. The number of ether oxygens (including phenoxy) is 1. The number of benzene rings is 2. The summed E-state index contributed by atoms with van der Waals surface area (Å²) in [5.74, 6) is 4.53. The van der Waals surface area contributed by atoms with Crippen LogP contribution in [0, 0.1) is 11.8 Å². The molecule has 0 amide bonds. The standard InChI is InChI=1S/C21H23F5OS/c1-3-5-6-7-17-8-10-18(11-9-17)12-13-19-14-15-20(27-4-2)16-21(19)28(22,23,24,25)26/h8-11,14-16H,3-7H2,1-2H3. The van der Waals surface area contributed by atoms with E-state index in [-0.39, 0.29) is 12.4 Å². The molecule has 0 aromatic heterocycles. The van der Waals surface area contributed by atoms with Gasteiger partial charge in [-0.3, -0.25) is 0 Å². The maximum atomic E-state index is 13.4. The molecule has 0 aliphatic heterocycles. The lowest BCUT2D eigenvalue weighted by Crippen LogP contribution is -2.09. The van der Waals surface area contributed by atoms with Crippen LogP contribution in [0.2, 0.25) is 0 Å². The smallest absolute Gasteiger partial charge is 0.311 e. The average Bonchev–Trinajstić information content (AvgIpc) is 2.60. The Morgan fingerprint density at radius 1 is 0.857 bits per heavy atom. The third-order valence-corrected chi connectivity index (χ3v) is 5.21. The SMILES string of the molecule is CCCCCc1ccc(C#Cc2ccc(OCC)cc2S(F)(F)(F)(F)F)cc1. The second-order valence-electron chi connectivity index (χ2n) is 6.46. The first-order chi connectivity index (χ1) is 12.9. The second-order valence-corrected chi connectivity index (χ2v) is 8.84. The summed E-state index contributed by atoms with van der Waals surface area (Å²) >= 11 is 0. The molecule has 0 unspecified atom stereocenters. The van der Waals surface area contributed by atoms with Crippen molar-refractivity contribution >= 4 is 10.2 Å². The van der Waals surface area contributed by atoms with Crippen LogP contribution >= 0.6 is 10.2 Å². The Morgan fingerprint density at radius 2 is 1.54 bits per heavy atom. The predicted octanol–water partition coefficient (Wildman–Crippen LogP) is 7.88. The number of unbranched alkanes of at least 4 members (excludes halogenated alkanes) is 2. The number of hydrogen-bond acceptors (Lipinski definition) is 1. The number of halogens is 5. The Morgan fingerprint density at radius 3 is 2.11 bits per heavy atom. The summed E-state index contributed by atoms with van der Waals surface area (Å²) in [4.78, 5) is -2.02. The summed E-state index contributed by atoms with van der Waals surface area (Å²) in [6.07, 6.45) is 4.20. The van der Waals surface area contributed by atoms with Crippen LogP contribution in [0.25, 0.3) is 0 Å². The van der Waals surface area contributed by atoms with Crippen LogP contribution in [-0.4, -0.2) is 6.61 Å². The van der Waals surface area contributed by atoms with Crippen molar-refractivity contribution in [3.63, 3.8) is 0 Å². The van der Waals surface area contributed by atoms with Crippen molar-refractivity contribution in [1.82, 2.24) is 0 Å². The average molecular weight is 418 g/mol. The molecule has 2 aromatic carbocycles. The molecule has 0 atom stereocenters. The maximum absolute atomic E-state index is 13.4. The molecule has 0 bridgehead atoms. The van der Waals surface area contributed by atoms with Crippen molar-refractivity contribution in [1.29, 1.82) is 0 Å². The molecule has 0 radical (unpaired) electrons. The zero-order chi connectivity index (χ0) is 20.9. The number of rotatable bonds is 7. The van der Waals surface area contributed by atoms with Crippen LogP contribution in [0.15, 0.2) is 47.4 Å². The van der Waals surface area contributed by atoms with E-state index in [4.69, 9.17) is 4.74 Å². The Bertz CT molecular complexity index is 878. The van der Waals surface area contributed by atoms with E-state index in [1.807, 2.05) is 12.1 Å². The van der Waals surface area contributed by atoms with Gasteiger partial charge in [-0.05, 0) is 49.6 Å². The van der Waals surface area contributed by atoms with Crippen molar-refractivity contribution in [3.05, 3.63) is 59.2 Å². The summed E-state index contributed by atoms with van der Waals surface area (Å²) in [5.41, 5.74) is 0.795. The van der Waals surface area contributed by atoms with E-state index in [0.29, 0.717) is 11.6 Å². The van der Waals surface area contributed by atoms with E-state index in [2.05, 4.69) is 18.8 Å². The van der Waals surface area contributed by atoms with Crippen LogP contribution in [0.5, 0.6) is 5.75 Å². The molecular weight excluding hydrogens is 395 g/mol. The fourth-order valence-electron chi connectivity index (χ4n) is 2.65. The highest BCUT2D eigenvalue weighted by atomic mass is 32.5. The van der Waals surface area contributed by atoms with Crippen LogP contribution in [0.1, 0.15) is 49.8 Å². The molecule has 2 rings (SSSR count). The van der Waals surface area contributed by atoms with Crippen LogP contribution in [0.3, 0.4) is 0 Å². The normalized spacial score (nSPS) is 13.8. The minimum atomic E-state index is -9.91. The molecule has 154 valence electrons. The third kappa shape index (κ3) is 6.45. The molecule has 0 saturated carbocycles. The van der Waals surface area contributed by atoms with Gasteiger partial charge >= 0.3 is 10.2 Å². The van der Waals surface area contributed by atoms with Gasteiger partial charge in [0, 0.05) is 17.2 Å². The van der Waals surface area contributed by atoms with Gasteiger partial charge in [0.05, 0.1) is 6.61 Å². The van der Waals surface area contributed by atoms with Crippen molar-refractivity contribution in [2.24, 2.45) is 0 Å². The van der Waals surface area contributed by atoms with Crippen LogP contribution in [0.4, 0.5) is 19.4 Å². The quantitative estimate of drug-likeness (QED) is 0.252. The van der Waals surface area contributed by atoms with Crippen molar-refractivity contribution < 1.29 is 24.2 Å². The first-order valence-corrected chi connectivity index (χ1v) is 11.0. The molecule has 0 aliphatic rings. The highest BCUT2D eigenvalue weighted by Crippen LogP contribution is 3.02. The number of aryl methyl sites for hydroxylation is 1. The van der Waals surface area contributed by atoms with Gasteiger partial charge in [0.15, 0.2) is 0 Å². The summed E-state index contributed by atoms with van der Waals surface area (Å²) in [7, 11) is -9.91. The minimum Gasteiger partial charge on any atom is -0.494 e. The molecule has 0 spiro atoms. The monoisotopic (exact) mass is 418 g/mol. The third-order valence-electron chi connectivity index (χ3n) is 4.04. The maximum Gasteiger partial charge on any atom is 0.311 e. The Labute approximate surface area is 162 Å². The Hall–Kier alpha value is -2.20. The molecular formula is C21H23F5OS. The van der Waals surface area contributed by atoms with Crippen molar-refractivity contribution in [2.75, 3.05) is 6.61 Å². The zero-order valence-corrected chi connectivity index (χ0v) is 16.6. The topological polar surface area (TPSA) is 9.23 Å². The second kappa shape index (κ2) is 7.67. The predicted molar refractivity (Wildman–Crippen MR) is 105 cm³/mol. The lowest BCUT2D eigenvalue weighted by molar-refractivity contribution is 0.334. The Balaban J connectivity index is 2.35. The highest BCUT2D eigenvalue weighted by molar-refractivity contribution is 8.45. The molecule has 0 N–H and O–H groups in total. The van der Waals surface area contributed by atoms with E-state index in [1.54, 1.807) is 19.1 Å².